The van der Waals surface area contributed by atoms with Crippen LogP contribution in [0.2, 0.25) is 0 Å². The number of benzene rings is 2. The second kappa shape index (κ2) is 8.57. The van der Waals surface area contributed by atoms with E-state index in [2.05, 4.69) is 38.1 Å². The van der Waals surface area contributed by atoms with Gasteiger partial charge in [-0.05, 0) is 49.2 Å². The van der Waals surface area contributed by atoms with E-state index in [1.54, 1.807) is 14.2 Å². The van der Waals surface area contributed by atoms with E-state index in [9.17, 15) is 0 Å². The Balaban J connectivity index is 1.53. The molecule has 0 saturated heterocycles. The van der Waals surface area contributed by atoms with E-state index in [1.807, 2.05) is 71.3 Å². The summed E-state index contributed by atoms with van der Waals surface area (Å²) in [5, 5.41) is 0. The Kier molecular flexibility index (Phi) is 6.11. The van der Waals surface area contributed by atoms with Gasteiger partial charge in [0.15, 0.2) is 0 Å². The Morgan fingerprint density at radius 1 is 0.536 bits per heavy atom. The molecule has 0 aliphatic carbocycles. The largest absolute Gasteiger partial charge is 0.497 e. The van der Waals surface area contributed by atoms with Crippen LogP contribution in [-0.4, -0.2) is 14.2 Å². The van der Waals surface area contributed by atoms with Gasteiger partial charge in [-0.25, -0.2) is 0 Å². The zero-order valence-corrected chi connectivity index (χ0v) is 19.3. The Labute approximate surface area is 183 Å². The van der Waals surface area contributed by atoms with Crippen molar-refractivity contribution in [3.05, 3.63) is 77.9 Å². The molecule has 0 saturated carbocycles. The van der Waals surface area contributed by atoms with Crippen LogP contribution in [0.15, 0.2) is 66.8 Å². The van der Waals surface area contributed by atoms with Gasteiger partial charge in [-0.2, -0.15) is 0 Å². The molecule has 2 aliphatic heterocycles. The minimum atomic E-state index is 0.891. The highest BCUT2D eigenvalue weighted by atomic mass is 32.2. The topological polar surface area (TPSA) is 18.5 Å². The maximum Gasteiger partial charge on any atom is 0.118 e. The van der Waals surface area contributed by atoms with Gasteiger partial charge in [0.2, 0.25) is 0 Å². The minimum Gasteiger partial charge on any atom is -0.497 e. The summed E-state index contributed by atoms with van der Waals surface area (Å²) in [6, 6.07) is 16.7. The van der Waals surface area contributed by atoms with Crippen molar-refractivity contribution < 1.29 is 9.47 Å². The van der Waals surface area contributed by atoms with Gasteiger partial charge < -0.3 is 9.47 Å². The van der Waals surface area contributed by atoms with Crippen molar-refractivity contribution in [1.29, 1.82) is 0 Å². The number of thioether (sulfide) groups is 4. The standard InChI is InChI=1S/C22H20O2S4/c1-13-19(15-5-9-17(23-3)10-6-15)27-21(25-13)22-26-14(2)20(28-22)16-7-11-18(24-4)12-8-16/h5-12H,1-4H3/b22-21-. The molecule has 0 spiro atoms. The molecule has 4 rings (SSSR count). The number of methoxy groups -OCH3 is 2. The van der Waals surface area contributed by atoms with Gasteiger partial charge in [-0.15, -0.1) is 0 Å². The van der Waals surface area contributed by atoms with Crippen LogP contribution in [-0.2, 0) is 0 Å². The summed E-state index contributed by atoms with van der Waals surface area (Å²) in [7, 11) is 3.40. The molecule has 144 valence electrons. The van der Waals surface area contributed by atoms with E-state index < -0.39 is 0 Å². The van der Waals surface area contributed by atoms with Crippen molar-refractivity contribution in [2.24, 2.45) is 0 Å². The highest BCUT2D eigenvalue weighted by Crippen LogP contribution is 2.63. The molecule has 2 aliphatic rings. The lowest BCUT2D eigenvalue weighted by molar-refractivity contribution is 0.414. The van der Waals surface area contributed by atoms with Crippen LogP contribution >= 0.6 is 47.0 Å². The molecule has 0 unspecified atom stereocenters. The predicted octanol–water partition coefficient (Wildman–Crippen LogP) is 7.87. The maximum atomic E-state index is 5.28. The molecule has 0 bridgehead atoms. The van der Waals surface area contributed by atoms with E-state index in [-0.39, 0.29) is 0 Å². The third kappa shape index (κ3) is 4.01. The zero-order chi connectivity index (χ0) is 19.7. The summed E-state index contributed by atoms with van der Waals surface area (Å²) in [5.41, 5.74) is 2.50. The first-order chi connectivity index (χ1) is 13.6. The summed E-state index contributed by atoms with van der Waals surface area (Å²) in [6.45, 7) is 4.42. The third-order valence-corrected chi connectivity index (χ3v) is 10.2. The van der Waals surface area contributed by atoms with Crippen LogP contribution in [0.3, 0.4) is 0 Å². The first-order valence-corrected chi connectivity index (χ1v) is 12.0. The van der Waals surface area contributed by atoms with E-state index >= 15 is 0 Å². The molecule has 0 fully saturated rings. The van der Waals surface area contributed by atoms with Gasteiger partial charge in [0.1, 0.15) is 11.5 Å². The van der Waals surface area contributed by atoms with E-state index in [0.29, 0.717) is 0 Å². The highest BCUT2D eigenvalue weighted by Gasteiger charge is 2.28. The van der Waals surface area contributed by atoms with Crippen LogP contribution in [0.1, 0.15) is 25.0 Å². The van der Waals surface area contributed by atoms with Crippen LogP contribution in [0.4, 0.5) is 0 Å². The fourth-order valence-corrected chi connectivity index (χ4v) is 8.48. The average Bonchev–Trinajstić information content (AvgIpc) is 3.31. The molecule has 2 aromatic rings. The fourth-order valence-electron chi connectivity index (χ4n) is 2.92. The minimum absolute atomic E-state index is 0.891. The Morgan fingerprint density at radius 3 is 1.21 bits per heavy atom. The molecule has 2 nitrogen and oxygen atoms in total. The van der Waals surface area contributed by atoms with Crippen LogP contribution in [0.25, 0.3) is 9.81 Å². The molecule has 0 radical (unpaired) electrons. The molecular weight excluding hydrogens is 425 g/mol. The van der Waals surface area contributed by atoms with Gasteiger partial charge in [0.05, 0.1) is 22.7 Å². The first kappa shape index (κ1) is 20.0. The van der Waals surface area contributed by atoms with Crippen molar-refractivity contribution in [3.63, 3.8) is 0 Å². The highest BCUT2D eigenvalue weighted by molar-refractivity contribution is 8.37. The Hall–Kier alpha value is -1.34. The quantitative estimate of drug-likeness (QED) is 0.474. The third-order valence-electron chi connectivity index (χ3n) is 4.39. The number of rotatable bonds is 4. The molecule has 0 N–H and O–H groups in total. The predicted molar refractivity (Wildman–Crippen MR) is 129 cm³/mol. The van der Waals surface area contributed by atoms with E-state index in [1.165, 1.54) is 39.2 Å². The lowest BCUT2D eigenvalue weighted by Crippen LogP contribution is -1.84. The van der Waals surface area contributed by atoms with Gasteiger partial charge >= 0.3 is 0 Å². The Morgan fingerprint density at radius 2 is 0.893 bits per heavy atom. The molecule has 2 aromatic carbocycles. The molecule has 2 heterocycles. The molecular formula is C22H20O2S4. The molecule has 0 atom stereocenters. The lowest BCUT2D eigenvalue weighted by Gasteiger charge is -2.06. The number of ether oxygens (including phenoxy) is 2. The van der Waals surface area contributed by atoms with Gasteiger partial charge in [0, 0.05) is 19.6 Å². The SMILES string of the molecule is COc1ccc(C2=C(C)S/C(=C3\SC(C)=C(c4ccc(OC)cc4)S3)S2)cc1. The van der Waals surface area contributed by atoms with Gasteiger partial charge in [0.25, 0.3) is 0 Å². The fraction of sp³-hybridized carbons (Fsp3) is 0.182. The van der Waals surface area contributed by atoms with Crippen molar-refractivity contribution in [1.82, 2.24) is 0 Å². The maximum absolute atomic E-state index is 5.28. The lowest BCUT2D eigenvalue weighted by atomic mass is 10.2. The molecule has 0 amide bonds. The van der Waals surface area contributed by atoms with Crippen molar-refractivity contribution in [2.75, 3.05) is 14.2 Å². The second-order valence-corrected chi connectivity index (χ2v) is 11.2. The summed E-state index contributed by atoms with van der Waals surface area (Å²) in [5.74, 6) is 1.78. The number of hydrogen-bond donors (Lipinski definition) is 0. The average molecular weight is 445 g/mol. The van der Waals surface area contributed by atoms with Gasteiger partial charge in [-0.3, -0.25) is 0 Å². The van der Waals surface area contributed by atoms with Crippen molar-refractivity contribution in [2.45, 2.75) is 13.8 Å². The van der Waals surface area contributed by atoms with Gasteiger partial charge in [-0.1, -0.05) is 71.3 Å². The molecule has 6 heteroatoms. The van der Waals surface area contributed by atoms with Crippen LogP contribution in [0.5, 0.6) is 11.5 Å². The molecule has 28 heavy (non-hydrogen) atoms. The summed E-state index contributed by atoms with van der Waals surface area (Å²) >= 11 is 7.53. The van der Waals surface area contributed by atoms with E-state index in [0.717, 1.165) is 11.5 Å². The summed E-state index contributed by atoms with van der Waals surface area (Å²) in [4.78, 5) is 5.39. The van der Waals surface area contributed by atoms with E-state index in [4.69, 9.17) is 9.47 Å². The summed E-state index contributed by atoms with van der Waals surface area (Å²) in [6.07, 6.45) is 0. The zero-order valence-electron chi connectivity index (χ0n) is 16.1. The number of hydrogen-bond acceptors (Lipinski definition) is 6. The molecule has 0 aromatic heterocycles. The summed E-state index contributed by atoms with van der Waals surface area (Å²) < 4.78 is 13.3. The smallest absolute Gasteiger partial charge is 0.118 e. The van der Waals surface area contributed by atoms with Crippen molar-refractivity contribution >= 4 is 56.9 Å². The first-order valence-electron chi connectivity index (χ1n) is 8.75. The van der Waals surface area contributed by atoms with Crippen molar-refractivity contribution in [3.8, 4) is 11.5 Å². The van der Waals surface area contributed by atoms with Crippen LogP contribution < -0.4 is 9.47 Å². The normalized spacial score (nSPS) is 19.6. The second-order valence-electron chi connectivity index (χ2n) is 6.21. The Bertz CT molecular complexity index is 905. The van der Waals surface area contributed by atoms with Crippen LogP contribution in [0, 0.1) is 0 Å². The monoisotopic (exact) mass is 444 g/mol. The number of allylic oxidation sites excluding steroid dienone is 2.